The Balaban J connectivity index is 0.941. The highest BCUT2D eigenvalue weighted by Crippen LogP contribution is 2.41. The van der Waals surface area contributed by atoms with E-state index in [-0.39, 0.29) is 45.3 Å². The highest BCUT2D eigenvalue weighted by atomic mass is 16.6. The third-order valence-corrected chi connectivity index (χ3v) is 13.8. The SMILES string of the molecule is CC(C)(c1ccc(OC(=O)c2ccc(/C=C/c3ccccc3)cc2)c(OC(=O)c2ccc(/C=C/c3ccccc3)cc2)c1)c1ccc(OC(=O)c2ccc(/C=C/c3ccccc3)cc2)c(OC(=O)c2ccc(/C=C/c3ccccc3)cc2)c1. The molecule has 0 amide bonds. The van der Waals surface area contributed by atoms with Crippen LogP contribution in [0.4, 0.5) is 0 Å². The van der Waals surface area contributed by atoms with Crippen LogP contribution in [0, 0.1) is 0 Å². The lowest BCUT2D eigenvalue weighted by molar-refractivity contribution is 0.0682. The molecule has 0 bridgehead atoms. The van der Waals surface area contributed by atoms with Crippen molar-refractivity contribution < 1.29 is 38.1 Å². The van der Waals surface area contributed by atoms with Gasteiger partial charge in [-0.25, -0.2) is 19.2 Å². The summed E-state index contributed by atoms with van der Waals surface area (Å²) in [6.45, 7) is 3.88. The minimum absolute atomic E-state index is 0.00905. The van der Waals surface area contributed by atoms with Crippen LogP contribution < -0.4 is 18.9 Å². The van der Waals surface area contributed by atoms with Gasteiger partial charge in [0.15, 0.2) is 23.0 Å². The molecular weight excluding hydrogens is 1030 g/mol. The number of carbonyl (C=O) groups is 4. The lowest BCUT2D eigenvalue weighted by atomic mass is 9.78. The molecule has 0 unspecified atom stereocenters. The molecular formula is C75H56O8. The van der Waals surface area contributed by atoms with E-state index in [4.69, 9.17) is 18.9 Å². The highest BCUT2D eigenvalue weighted by Gasteiger charge is 2.29. The van der Waals surface area contributed by atoms with Gasteiger partial charge in [0.1, 0.15) is 0 Å². The van der Waals surface area contributed by atoms with Gasteiger partial charge in [-0.2, -0.15) is 0 Å². The molecule has 0 aromatic heterocycles. The summed E-state index contributed by atoms with van der Waals surface area (Å²) < 4.78 is 24.3. The van der Waals surface area contributed by atoms with Crippen LogP contribution in [0.3, 0.4) is 0 Å². The third kappa shape index (κ3) is 14.8. The number of carbonyl (C=O) groups excluding carboxylic acids is 4. The Morgan fingerprint density at radius 1 is 0.253 bits per heavy atom. The van der Waals surface area contributed by atoms with E-state index < -0.39 is 29.3 Å². The molecule has 0 saturated heterocycles. The first-order valence-corrected chi connectivity index (χ1v) is 27.0. The van der Waals surface area contributed by atoms with E-state index in [0.29, 0.717) is 11.1 Å². The average molecular weight is 1090 g/mol. The van der Waals surface area contributed by atoms with Crippen LogP contribution in [-0.4, -0.2) is 23.9 Å². The topological polar surface area (TPSA) is 105 Å². The normalized spacial score (nSPS) is 11.5. The number of rotatable bonds is 18. The zero-order valence-corrected chi connectivity index (χ0v) is 45.6. The van der Waals surface area contributed by atoms with Crippen molar-refractivity contribution in [3.63, 3.8) is 0 Å². The molecule has 10 aromatic rings. The van der Waals surface area contributed by atoms with Gasteiger partial charge in [-0.3, -0.25) is 0 Å². The van der Waals surface area contributed by atoms with Gasteiger partial charge in [0.25, 0.3) is 0 Å². The summed E-state index contributed by atoms with van der Waals surface area (Å²) >= 11 is 0. The molecule has 83 heavy (non-hydrogen) atoms. The van der Waals surface area contributed by atoms with Gasteiger partial charge in [0, 0.05) is 5.41 Å². The lowest BCUT2D eigenvalue weighted by Crippen LogP contribution is -2.21. The first kappa shape index (κ1) is 55.4. The van der Waals surface area contributed by atoms with Crippen LogP contribution in [0.2, 0.25) is 0 Å². The smallest absolute Gasteiger partial charge is 0.343 e. The van der Waals surface area contributed by atoms with Gasteiger partial charge in [-0.15, -0.1) is 0 Å². The molecule has 0 N–H and O–H groups in total. The van der Waals surface area contributed by atoms with E-state index in [1.54, 1.807) is 84.9 Å². The second kappa shape index (κ2) is 26.3. The largest absolute Gasteiger partial charge is 0.419 e. The molecule has 0 radical (unpaired) electrons. The van der Waals surface area contributed by atoms with Gasteiger partial charge in [-0.05, 0) is 128 Å². The average Bonchev–Trinajstić information content (AvgIpc) is 3.68. The molecule has 0 atom stereocenters. The minimum atomic E-state index is -0.918. The van der Waals surface area contributed by atoms with Crippen LogP contribution in [0.15, 0.2) is 255 Å². The van der Waals surface area contributed by atoms with E-state index in [9.17, 15) is 19.2 Å². The van der Waals surface area contributed by atoms with Crippen molar-refractivity contribution in [2.75, 3.05) is 0 Å². The Bertz CT molecular complexity index is 3730. The van der Waals surface area contributed by atoms with Gasteiger partial charge in [0.2, 0.25) is 0 Å². The van der Waals surface area contributed by atoms with E-state index >= 15 is 0 Å². The summed E-state index contributed by atoms with van der Waals surface area (Å²) in [4.78, 5) is 55.9. The number of hydrogen-bond donors (Lipinski definition) is 0. The zero-order valence-electron chi connectivity index (χ0n) is 45.6. The molecule has 10 rings (SSSR count). The van der Waals surface area contributed by atoms with Crippen molar-refractivity contribution in [2.24, 2.45) is 0 Å². The summed E-state index contributed by atoms with van der Waals surface area (Å²) in [5.41, 5.74) is 9.15. The van der Waals surface area contributed by atoms with Crippen LogP contribution >= 0.6 is 0 Å². The maximum Gasteiger partial charge on any atom is 0.343 e. The number of hydrogen-bond acceptors (Lipinski definition) is 8. The molecule has 0 aliphatic carbocycles. The van der Waals surface area contributed by atoms with Gasteiger partial charge in [-0.1, -0.05) is 244 Å². The van der Waals surface area contributed by atoms with Gasteiger partial charge in [0.05, 0.1) is 22.3 Å². The quantitative estimate of drug-likeness (QED) is 0.0475. The Morgan fingerprint density at radius 3 is 0.687 bits per heavy atom. The molecule has 404 valence electrons. The standard InChI is InChI=1S/C75H56O8/c1-75(2,65-47-49-67(80-71(76)61-39-31-57(32-40-61)27-23-53-15-7-3-8-16-53)69(51-65)82-73(78)63-43-35-59(36-44-63)29-25-55-19-11-5-12-20-55)66-48-50-68(81-72(77)62-41-33-58(34-42-62)28-24-54-17-9-4-10-18-54)70(52-66)83-74(79)64-45-37-60(38-46-64)30-26-56-21-13-6-14-22-56/h3-52H,1-2H3/b27-23+,28-24+,29-25+,30-26+. The molecule has 0 saturated carbocycles. The Morgan fingerprint density at radius 2 is 0.458 bits per heavy atom. The molecule has 0 aliphatic rings. The van der Waals surface area contributed by atoms with E-state index in [0.717, 1.165) is 44.5 Å². The van der Waals surface area contributed by atoms with Crippen LogP contribution in [0.5, 0.6) is 23.0 Å². The van der Waals surface area contributed by atoms with Gasteiger partial charge >= 0.3 is 23.9 Å². The van der Waals surface area contributed by atoms with E-state index in [1.165, 1.54) is 0 Å². The predicted molar refractivity (Wildman–Crippen MR) is 332 cm³/mol. The summed E-state index contributed by atoms with van der Waals surface area (Å²) in [5.74, 6) is -2.67. The van der Waals surface area contributed by atoms with Crippen molar-refractivity contribution in [1.82, 2.24) is 0 Å². The Labute approximate surface area is 483 Å². The first-order chi connectivity index (χ1) is 40.5. The monoisotopic (exact) mass is 1080 g/mol. The number of ether oxygens (including phenoxy) is 4. The van der Waals surface area contributed by atoms with Crippen LogP contribution in [0.25, 0.3) is 48.6 Å². The maximum absolute atomic E-state index is 14.1. The molecule has 8 nitrogen and oxygen atoms in total. The lowest BCUT2D eigenvalue weighted by Gasteiger charge is -2.28. The van der Waals surface area contributed by atoms with Crippen LogP contribution in [0.1, 0.15) is 111 Å². The summed E-state index contributed by atoms with van der Waals surface area (Å²) in [7, 11) is 0. The number of benzene rings is 10. The number of esters is 4. The van der Waals surface area contributed by atoms with E-state index in [2.05, 4.69) is 0 Å². The molecule has 0 spiro atoms. The molecule has 0 heterocycles. The van der Waals surface area contributed by atoms with Crippen LogP contribution in [-0.2, 0) is 5.41 Å². The molecule has 10 aromatic carbocycles. The fraction of sp³-hybridized carbons (Fsp3) is 0.0400. The first-order valence-electron chi connectivity index (χ1n) is 27.0. The summed E-state index contributed by atoms with van der Waals surface area (Å²) in [6, 6.07) is 77.6. The highest BCUT2D eigenvalue weighted by molar-refractivity contribution is 5.95. The summed E-state index contributed by atoms with van der Waals surface area (Å²) in [6.07, 6.45) is 15.8. The molecule has 8 heteroatoms. The van der Waals surface area contributed by atoms with E-state index in [1.807, 2.05) is 232 Å². The van der Waals surface area contributed by atoms with Crippen molar-refractivity contribution in [3.05, 3.63) is 333 Å². The minimum Gasteiger partial charge on any atom is -0.419 e. The van der Waals surface area contributed by atoms with Gasteiger partial charge < -0.3 is 18.9 Å². The predicted octanol–water partition coefficient (Wildman–Crippen LogP) is 17.6. The summed E-state index contributed by atoms with van der Waals surface area (Å²) in [5, 5.41) is 0. The van der Waals surface area contributed by atoms with Crippen molar-refractivity contribution >= 4 is 72.5 Å². The maximum atomic E-state index is 14.1. The third-order valence-electron chi connectivity index (χ3n) is 13.8. The Hall–Kier alpha value is -11.0. The Kier molecular flexibility index (Phi) is 17.6. The second-order valence-electron chi connectivity index (χ2n) is 20.0. The fourth-order valence-corrected chi connectivity index (χ4v) is 8.87. The second-order valence-corrected chi connectivity index (χ2v) is 20.0. The van der Waals surface area contributed by atoms with Crippen molar-refractivity contribution in [1.29, 1.82) is 0 Å². The molecule has 0 aliphatic heterocycles. The fourth-order valence-electron chi connectivity index (χ4n) is 8.87. The van der Waals surface area contributed by atoms with Crippen molar-refractivity contribution in [3.8, 4) is 23.0 Å². The molecule has 0 fully saturated rings. The zero-order chi connectivity index (χ0) is 57.4. The van der Waals surface area contributed by atoms with Crippen molar-refractivity contribution in [2.45, 2.75) is 19.3 Å².